The fraction of sp³-hybridized carbons (Fsp3) is 0.579. The van der Waals surface area contributed by atoms with Gasteiger partial charge in [-0.15, -0.1) is 0 Å². The summed E-state index contributed by atoms with van der Waals surface area (Å²) in [5.41, 5.74) is 0.0521. The molecule has 0 aliphatic carbocycles. The predicted octanol–water partition coefficient (Wildman–Crippen LogP) is 3.73. The average molecular weight is 351 g/mol. The van der Waals surface area contributed by atoms with Crippen LogP contribution in [0.4, 0.5) is 4.79 Å². The van der Waals surface area contributed by atoms with E-state index in [-0.39, 0.29) is 18.7 Å². The highest BCUT2D eigenvalue weighted by Crippen LogP contribution is 2.19. The van der Waals surface area contributed by atoms with Crippen LogP contribution < -0.4 is 4.74 Å². The Labute approximate surface area is 149 Å². The number of carbonyl (C=O) groups is 2. The minimum absolute atomic E-state index is 0.265. The van der Waals surface area contributed by atoms with Crippen molar-refractivity contribution in [2.24, 2.45) is 0 Å². The maximum atomic E-state index is 12.1. The molecule has 0 saturated carbocycles. The van der Waals surface area contributed by atoms with Gasteiger partial charge in [0.15, 0.2) is 0 Å². The third kappa shape index (κ3) is 8.98. The van der Waals surface area contributed by atoms with Crippen LogP contribution >= 0.6 is 0 Å². The smallest absolute Gasteiger partial charge is 0.410 e. The van der Waals surface area contributed by atoms with Gasteiger partial charge in [-0.05, 0) is 65.7 Å². The van der Waals surface area contributed by atoms with Crippen LogP contribution in [-0.4, -0.2) is 46.4 Å². The summed E-state index contributed by atoms with van der Waals surface area (Å²) >= 11 is 0. The summed E-state index contributed by atoms with van der Waals surface area (Å²) in [6.07, 6.45) is -0.0925. The number of hydrogen-bond donors (Lipinski definition) is 1. The molecule has 0 fully saturated rings. The number of aliphatic carboxylic acids is 1. The number of ether oxygens (including phenoxy) is 2. The van der Waals surface area contributed by atoms with Gasteiger partial charge in [-0.25, -0.2) is 4.79 Å². The van der Waals surface area contributed by atoms with Crippen molar-refractivity contribution < 1.29 is 24.2 Å². The number of hydrogen-bond acceptors (Lipinski definition) is 4. The molecule has 0 bridgehead atoms. The highest BCUT2D eigenvalue weighted by molar-refractivity contribution is 5.76. The quantitative estimate of drug-likeness (QED) is 0.845. The molecule has 0 aromatic heterocycles. The molecule has 140 valence electrons. The second-order valence-corrected chi connectivity index (χ2v) is 7.90. The van der Waals surface area contributed by atoms with Crippen LogP contribution in [0.2, 0.25) is 0 Å². The highest BCUT2D eigenvalue weighted by atomic mass is 16.6. The lowest BCUT2D eigenvalue weighted by molar-refractivity contribution is -0.138. The lowest BCUT2D eigenvalue weighted by Gasteiger charge is -2.26. The minimum Gasteiger partial charge on any atom is -0.488 e. The number of carbonyl (C=O) groups excluding carboxylic acids is 1. The van der Waals surface area contributed by atoms with Gasteiger partial charge in [0, 0.05) is 6.54 Å². The molecule has 0 aliphatic heterocycles. The molecular formula is C19H29NO5. The fourth-order valence-corrected chi connectivity index (χ4v) is 2.07. The summed E-state index contributed by atoms with van der Waals surface area (Å²) in [4.78, 5) is 24.4. The molecule has 0 atom stereocenters. The van der Waals surface area contributed by atoms with E-state index in [0.29, 0.717) is 6.42 Å². The van der Waals surface area contributed by atoms with Gasteiger partial charge in [-0.1, -0.05) is 12.1 Å². The second-order valence-electron chi connectivity index (χ2n) is 7.90. The predicted molar refractivity (Wildman–Crippen MR) is 96.0 cm³/mol. The summed E-state index contributed by atoms with van der Waals surface area (Å²) in [5.74, 6) is -0.300. The number of carboxylic acid groups (broad SMARTS) is 1. The first-order chi connectivity index (χ1) is 11.4. The zero-order valence-corrected chi connectivity index (χ0v) is 16.0. The first kappa shape index (κ1) is 20.8. The Morgan fingerprint density at radius 2 is 1.56 bits per heavy atom. The molecule has 6 nitrogen and oxygen atoms in total. The van der Waals surface area contributed by atoms with Crippen molar-refractivity contribution >= 4 is 12.1 Å². The fourth-order valence-electron chi connectivity index (χ4n) is 2.07. The van der Waals surface area contributed by atoms with Crippen LogP contribution in [0.15, 0.2) is 24.3 Å². The van der Waals surface area contributed by atoms with Crippen molar-refractivity contribution in [1.29, 1.82) is 0 Å². The first-order valence-corrected chi connectivity index (χ1v) is 8.33. The lowest BCUT2D eigenvalue weighted by atomic mass is 10.1. The Bertz CT molecular complexity index is 581. The molecule has 0 unspecified atom stereocenters. The third-order valence-corrected chi connectivity index (χ3v) is 3.00. The van der Waals surface area contributed by atoms with Gasteiger partial charge >= 0.3 is 12.1 Å². The van der Waals surface area contributed by atoms with Crippen molar-refractivity contribution in [3.8, 4) is 5.75 Å². The average Bonchev–Trinajstić information content (AvgIpc) is 2.41. The maximum absolute atomic E-state index is 12.1. The summed E-state index contributed by atoms with van der Waals surface area (Å²) in [5, 5.41) is 9.01. The van der Waals surface area contributed by atoms with Crippen LogP contribution in [-0.2, 0) is 16.0 Å². The molecule has 1 amide bonds. The van der Waals surface area contributed by atoms with Gasteiger partial charge in [-0.2, -0.15) is 0 Å². The van der Waals surface area contributed by atoms with Gasteiger partial charge in [0.1, 0.15) is 23.5 Å². The molecule has 0 saturated heterocycles. The molecule has 0 heterocycles. The zero-order chi connectivity index (χ0) is 19.3. The standard InChI is InChI=1S/C19H29NO5/c1-18(2,3)24-15-9-7-14(8-10-15)11-12-20(13-16(21)22)17(23)25-19(4,5)6/h7-10H,11-13H2,1-6H3,(H,21,22). The number of carboxylic acids is 1. The van der Waals surface area contributed by atoms with E-state index in [4.69, 9.17) is 14.6 Å². The Morgan fingerprint density at radius 3 is 2.00 bits per heavy atom. The van der Waals surface area contributed by atoms with Crippen LogP contribution in [0, 0.1) is 0 Å². The number of rotatable bonds is 6. The molecule has 6 heteroatoms. The van der Waals surface area contributed by atoms with Crippen molar-refractivity contribution in [1.82, 2.24) is 4.90 Å². The molecule has 1 aromatic carbocycles. The monoisotopic (exact) mass is 351 g/mol. The molecule has 1 N–H and O–H groups in total. The molecule has 0 radical (unpaired) electrons. The molecule has 0 spiro atoms. The molecule has 25 heavy (non-hydrogen) atoms. The highest BCUT2D eigenvalue weighted by Gasteiger charge is 2.23. The van der Waals surface area contributed by atoms with E-state index in [0.717, 1.165) is 11.3 Å². The summed E-state index contributed by atoms with van der Waals surface area (Å²) in [6.45, 7) is 11.1. The van der Waals surface area contributed by atoms with Crippen molar-refractivity contribution in [2.75, 3.05) is 13.1 Å². The molecular weight excluding hydrogens is 322 g/mol. The van der Waals surface area contributed by atoms with Crippen molar-refractivity contribution in [3.63, 3.8) is 0 Å². The van der Waals surface area contributed by atoms with Crippen LogP contribution in [0.5, 0.6) is 5.75 Å². The Morgan fingerprint density at radius 1 is 1.00 bits per heavy atom. The largest absolute Gasteiger partial charge is 0.488 e. The normalized spacial score (nSPS) is 11.8. The van der Waals surface area contributed by atoms with E-state index in [2.05, 4.69) is 0 Å². The maximum Gasteiger partial charge on any atom is 0.410 e. The van der Waals surface area contributed by atoms with Gasteiger partial charge in [0.25, 0.3) is 0 Å². The van der Waals surface area contributed by atoms with Crippen LogP contribution in [0.25, 0.3) is 0 Å². The van der Waals surface area contributed by atoms with Gasteiger partial charge in [-0.3, -0.25) is 9.69 Å². The third-order valence-electron chi connectivity index (χ3n) is 3.00. The summed E-state index contributed by atoms with van der Waals surface area (Å²) < 4.78 is 11.0. The van der Waals surface area contributed by atoms with E-state index < -0.39 is 17.7 Å². The van der Waals surface area contributed by atoms with Crippen molar-refractivity contribution in [2.45, 2.75) is 59.2 Å². The first-order valence-electron chi connectivity index (χ1n) is 8.33. The van der Waals surface area contributed by atoms with Gasteiger partial charge in [0.2, 0.25) is 0 Å². The molecule has 1 rings (SSSR count). The SMILES string of the molecule is CC(C)(C)OC(=O)N(CCc1ccc(OC(C)(C)C)cc1)CC(=O)O. The lowest BCUT2D eigenvalue weighted by Crippen LogP contribution is -2.40. The van der Waals surface area contributed by atoms with E-state index in [1.807, 2.05) is 45.0 Å². The second kappa shape index (κ2) is 8.23. The molecule has 1 aromatic rings. The number of amides is 1. The Kier molecular flexibility index (Phi) is 6.85. The Balaban J connectivity index is 2.69. The van der Waals surface area contributed by atoms with E-state index >= 15 is 0 Å². The summed E-state index contributed by atoms with van der Waals surface area (Å²) in [6, 6.07) is 7.56. The van der Waals surface area contributed by atoms with E-state index in [9.17, 15) is 9.59 Å². The number of nitrogens with zero attached hydrogens (tertiary/aromatic N) is 1. The topological polar surface area (TPSA) is 76.1 Å². The summed E-state index contributed by atoms with van der Waals surface area (Å²) in [7, 11) is 0. The zero-order valence-electron chi connectivity index (χ0n) is 16.0. The van der Waals surface area contributed by atoms with E-state index in [1.165, 1.54) is 4.90 Å². The Hall–Kier alpha value is -2.24. The van der Waals surface area contributed by atoms with E-state index in [1.54, 1.807) is 20.8 Å². The number of benzene rings is 1. The van der Waals surface area contributed by atoms with Crippen molar-refractivity contribution in [3.05, 3.63) is 29.8 Å². The van der Waals surface area contributed by atoms with Crippen LogP contribution in [0.3, 0.4) is 0 Å². The minimum atomic E-state index is -1.07. The molecule has 0 aliphatic rings. The van der Waals surface area contributed by atoms with Gasteiger partial charge in [0.05, 0.1) is 0 Å². The van der Waals surface area contributed by atoms with Gasteiger partial charge < -0.3 is 14.6 Å². The van der Waals surface area contributed by atoms with Crippen LogP contribution in [0.1, 0.15) is 47.1 Å².